The largest absolute Gasteiger partial charge is 0.395 e. The van der Waals surface area contributed by atoms with Gasteiger partial charge in [-0.15, -0.1) is 5.10 Å². The molecule has 6 heteroatoms. The van der Waals surface area contributed by atoms with Gasteiger partial charge in [-0.05, 0) is 19.4 Å². The van der Waals surface area contributed by atoms with Crippen LogP contribution in [0.2, 0.25) is 0 Å². The standard InChI is InChI=1S/C17H17N5O/c1-11-12(2)21(8-9-23)16-14(11)17-19-15(20-22(17)10-18-16)13-6-4-3-5-7-13/h3-7,10,23H,8-9H2,1-2H3. The zero-order chi connectivity index (χ0) is 16.0. The number of fused-ring (bicyclic) bond motifs is 3. The molecular formula is C17H17N5O. The van der Waals surface area contributed by atoms with E-state index < -0.39 is 0 Å². The SMILES string of the molecule is Cc1c(C)n(CCO)c2ncn3nc(-c4ccccc4)nc3c12. The summed E-state index contributed by atoms with van der Waals surface area (Å²) in [5, 5.41) is 14.8. The molecule has 0 unspecified atom stereocenters. The van der Waals surface area contributed by atoms with E-state index in [-0.39, 0.29) is 6.61 Å². The molecule has 1 aromatic carbocycles. The van der Waals surface area contributed by atoms with E-state index in [0.29, 0.717) is 12.4 Å². The van der Waals surface area contributed by atoms with Gasteiger partial charge in [0.1, 0.15) is 12.0 Å². The second kappa shape index (κ2) is 5.17. The molecule has 0 aliphatic rings. The van der Waals surface area contributed by atoms with Crippen LogP contribution in [-0.4, -0.2) is 35.9 Å². The van der Waals surface area contributed by atoms with Crippen LogP contribution < -0.4 is 0 Å². The van der Waals surface area contributed by atoms with E-state index in [4.69, 9.17) is 4.98 Å². The Morgan fingerprint density at radius 2 is 1.87 bits per heavy atom. The lowest BCUT2D eigenvalue weighted by Crippen LogP contribution is -2.05. The normalized spacial score (nSPS) is 11.6. The van der Waals surface area contributed by atoms with Gasteiger partial charge in [-0.25, -0.2) is 14.5 Å². The van der Waals surface area contributed by atoms with Crippen molar-refractivity contribution in [2.45, 2.75) is 20.4 Å². The predicted octanol–water partition coefficient (Wildman–Crippen LogP) is 2.36. The summed E-state index contributed by atoms with van der Waals surface area (Å²) in [4.78, 5) is 9.25. The summed E-state index contributed by atoms with van der Waals surface area (Å²) in [5.74, 6) is 0.687. The highest BCUT2D eigenvalue weighted by Gasteiger charge is 2.17. The Hall–Kier alpha value is -2.73. The summed E-state index contributed by atoms with van der Waals surface area (Å²) in [5.41, 5.74) is 4.84. The number of hydrogen-bond acceptors (Lipinski definition) is 4. The van der Waals surface area contributed by atoms with Gasteiger partial charge in [0, 0.05) is 17.8 Å². The molecule has 1 N–H and O–H groups in total. The van der Waals surface area contributed by atoms with Gasteiger partial charge < -0.3 is 9.67 Å². The van der Waals surface area contributed by atoms with Crippen molar-refractivity contribution >= 4 is 16.7 Å². The summed E-state index contributed by atoms with van der Waals surface area (Å²) in [6, 6.07) is 9.91. The molecule has 3 aromatic heterocycles. The average Bonchev–Trinajstić information content (AvgIpc) is 3.11. The second-order valence-corrected chi connectivity index (χ2v) is 5.60. The average molecular weight is 307 g/mol. The molecule has 0 fully saturated rings. The number of nitrogens with zero attached hydrogens (tertiary/aromatic N) is 5. The Morgan fingerprint density at radius 1 is 1.09 bits per heavy atom. The Morgan fingerprint density at radius 3 is 2.61 bits per heavy atom. The molecule has 0 bridgehead atoms. The Labute approximate surface area is 133 Å². The summed E-state index contributed by atoms with van der Waals surface area (Å²) in [6.45, 7) is 4.71. The van der Waals surface area contributed by atoms with Crippen LogP contribution in [0.4, 0.5) is 0 Å². The van der Waals surface area contributed by atoms with Crippen LogP contribution in [0.3, 0.4) is 0 Å². The first-order chi connectivity index (χ1) is 11.2. The van der Waals surface area contributed by atoms with E-state index in [9.17, 15) is 5.11 Å². The van der Waals surface area contributed by atoms with Crippen molar-refractivity contribution in [2.24, 2.45) is 0 Å². The van der Waals surface area contributed by atoms with Gasteiger partial charge in [-0.3, -0.25) is 0 Å². The smallest absolute Gasteiger partial charge is 0.182 e. The molecule has 4 aromatic rings. The van der Waals surface area contributed by atoms with E-state index >= 15 is 0 Å². The second-order valence-electron chi connectivity index (χ2n) is 5.60. The minimum Gasteiger partial charge on any atom is -0.395 e. The molecule has 0 saturated carbocycles. The van der Waals surface area contributed by atoms with Gasteiger partial charge >= 0.3 is 0 Å². The zero-order valence-corrected chi connectivity index (χ0v) is 13.1. The molecule has 116 valence electrons. The van der Waals surface area contributed by atoms with Crippen molar-refractivity contribution < 1.29 is 5.11 Å². The van der Waals surface area contributed by atoms with Crippen LogP contribution in [0.5, 0.6) is 0 Å². The van der Waals surface area contributed by atoms with Crippen LogP contribution in [-0.2, 0) is 6.54 Å². The topological polar surface area (TPSA) is 68.2 Å². The fourth-order valence-corrected chi connectivity index (χ4v) is 3.01. The summed E-state index contributed by atoms with van der Waals surface area (Å²) in [7, 11) is 0. The highest BCUT2D eigenvalue weighted by molar-refractivity contribution is 5.94. The molecule has 0 amide bonds. The van der Waals surface area contributed by atoms with Gasteiger partial charge in [0.15, 0.2) is 11.5 Å². The quantitative estimate of drug-likeness (QED) is 0.631. The van der Waals surface area contributed by atoms with Crippen LogP contribution >= 0.6 is 0 Å². The predicted molar refractivity (Wildman–Crippen MR) is 88.3 cm³/mol. The Kier molecular flexibility index (Phi) is 3.12. The van der Waals surface area contributed by atoms with Gasteiger partial charge in [0.05, 0.1) is 12.0 Å². The van der Waals surface area contributed by atoms with Crippen molar-refractivity contribution in [2.75, 3.05) is 6.61 Å². The minimum absolute atomic E-state index is 0.0822. The lowest BCUT2D eigenvalue weighted by atomic mass is 10.2. The molecule has 0 aliphatic heterocycles. The number of hydrogen-bond donors (Lipinski definition) is 1. The molecular weight excluding hydrogens is 290 g/mol. The maximum Gasteiger partial charge on any atom is 0.182 e. The molecule has 4 rings (SSSR count). The Balaban J connectivity index is 2.02. The fourth-order valence-electron chi connectivity index (χ4n) is 3.01. The maximum absolute atomic E-state index is 9.30. The fraction of sp³-hybridized carbons (Fsp3) is 0.235. The number of rotatable bonds is 3. The third kappa shape index (κ3) is 2.03. The highest BCUT2D eigenvalue weighted by Crippen LogP contribution is 2.27. The maximum atomic E-state index is 9.30. The highest BCUT2D eigenvalue weighted by atomic mass is 16.3. The van der Waals surface area contributed by atoms with Crippen molar-refractivity contribution in [1.82, 2.24) is 24.1 Å². The van der Waals surface area contributed by atoms with E-state index in [1.165, 1.54) is 0 Å². The van der Waals surface area contributed by atoms with E-state index in [0.717, 1.165) is 33.5 Å². The van der Waals surface area contributed by atoms with Crippen LogP contribution in [0, 0.1) is 13.8 Å². The third-order valence-corrected chi connectivity index (χ3v) is 4.30. The van der Waals surface area contributed by atoms with E-state index in [2.05, 4.69) is 17.0 Å². The third-order valence-electron chi connectivity index (χ3n) is 4.30. The summed E-state index contributed by atoms with van der Waals surface area (Å²) < 4.78 is 3.75. The zero-order valence-electron chi connectivity index (χ0n) is 13.1. The van der Waals surface area contributed by atoms with Crippen LogP contribution in [0.1, 0.15) is 11.3 Å². The molecule has 23 heavy (non-hydrogen) atoms. The van der Waals surface area contributed by atoms with Crippen LogP contribution in [0.25, 0.3) is 28.1 Å². The first-order valence-corrected chi connectivity index (χ1v) is 7.57. The molecule has 0 saturated heterocycles. The molecule has 6 nitrogen and oxygen atoms in total. The number of benzene rings is 1. The lowest BCUT2D eigenvalue weighted by molar-refractivity contribution is 0.276. The number of aliphatic hydroxyl groups is 1. The van der Waals surface area contributed by atoms with Crippen molar-refractivity contribution in [3.05, 3.63) is 47.9 Å². The lowest BCUT2D eigenvalue weighted by Gasteiger charge is -2.04. The Bertz CT molecular complexity index is 1000. The molecule has 0 radical (unpaired) electrons. The van der Waals surface area contributed by atoms with Gasteiger partial charge in [0.2, 0.25) is 0 Å². The van der Waals surface area contributed by atoms with E-state index in [1.807, 2.05) is 41.8 Å². The van der Waals surface area contributed by atoms with Gasteiger partial charge in [0.25, 0.3) is 0 Å². The number of aliphatic hydroxyl groups excluding tert-OH is 1. The first-order valence-electron chi connectivity index (χ1n) is 7.57. The van der Waals surface area contributed by atoms with Gasteiger partial charge in [-0.1, -0.05) is 30.3 Å². The monoisotopic (exact) mass is 307 g/mol. The summed E-state index contributed by atoms with van der Waals surface area (Å²) in [6.07, 6.45) is 1.68. The molecule has 0 spiro atoms. The minimum atomic E-state index is 0.0822. The van der Waals surface area contributed by atoms with E-state index in [1.54, 1.807) is 10.8 Å². The van der Waals surface area contributed by atoms with Crippen molar-refractivity contribution in [3.8, 4) is 11.4 Å². The number of aryl methyl sites for hydroxylation is 1. The first kappa shape index (κ1) is 13.9. The summed E-state index contributed by atoms with van der Waals surface area (Å²) >= 11 is 0. The molecule has 0 aliphatic carbocycles. The van der Waals surface area contributed by atoms with Crippen molar-refractivity contribution in [1.29, 1.82) is 0 Å². The number of aromatic nitrogens is 5. The van der Waals surface area contributed by atoms with Crippen molar-refractivity contribution in [3.63, 3.8) is 0 Å². The molecule has 0 atom stereocenters. The molecule has 3 heterocycles. The van der Waals surface area contributed by atoms with Crippen LogP contribution in [0.15, 0.2) is 36.7 Å². The van der Waals surface area contributed by atoms with Gasteiger partial charge in [-0.2, -0.15) is 0 Å².